The molecule has 7 nitrogen and oxygen atoms in total. The molecule has 4 atom stereocenters. The van der Waals surface area contributed by atoms with E-state index in [0.717, 1.165) is 10.5 Å². The zero-order valence-electron chi connectivity index (χ0n) is 15.5. The first kappa shape index (κ1) is 22.2. The highest BCUT2D eigenvalue weighted by molar-refractivity contribution is 9.12. The first-order chi connectivity index (χ1) is 13.7. The molecule has 1 saturated heterocycles. The van der Waals surface area contributed by atoms with Gasteiger partial charge in [0.05, 0.1) is 11.8 Å². The molecule has 1 aromatic carbocycles. The molecule has 156 valence electrons. The largest absolute Gasteiger partial charge is 0.454 e. The third-order valence-corrected chi connectivity index (χ3v) is 8.25. The van der Waals surface area contributed by atoms with Crippen LogP contribution in [0.15, 0.2) is 18.2 Å². The maximum Gasteiger partial charge on any atom is 0.326 e. The maximum atomic E-state index is 12.5. The van der Waals surface area contributed by atoms with Gasteiger partial charge in [0.1, 0.15) is 6.54 Å². The summed E-state index contributed by atoms with van der Waals surface area (Å²) in [5, 5.41) is 3.07. The topological polar surface area (TPSA) is 92.8 Å². The number of hydrogen-bond acceptors (Lipinski definition) is 5. The molecule has 1 heterocycles. The predicted octanol–water partition coefficient (Wildman–Crippen LogP) is 3.05. The molecular formula is C19H19Br2ClN2O5. The van der Waals surface area contributed by atoms with Crippen LogP contribution in [0.4, 0.5) is 5.69 Å². The lowest BCUT2D eigenvalue weighted by molar-refractivity contribution is -0.154. The number of alkyl halides is 2. The van der Waals surface area contributed by atoms with E-state index < -0.39 is 36.9 Å². The lowest BCUT2D eigenvalue weighted by atomic mass is 9.81. The van der Waals surface area contributed by atoms with Gasteiger partial charge in [0.2, 0.25) is 11.8 Å². The fourth-order valence-electron chi connectivity index (χ4n) is 3.51. The van der Waals surface area contributed by atoms with E-state index in [1.807, 2.05) is 6.92 Å². The van der Waals surface area contributed by atoms with E-state index in [4.69, 9.17) is 16.3 Å². The molecule has 0 radical (unpaired) electrons. The lowest BCUT2D eigenvalue weighted by Crippen LogP contribution is -2.37. The number of likely N-dealkylation sites (tertiary alicyclic amines) is 1. The van der Waals surface area contributed by atoms with Crippen LogP contribution in [0.3, 0.4) is 0 Å². The van der Waals surface area contributed by atoms with E-state index >= 15 is 0 Å². The molecule has 0 bridgehead atoms. The molecule has 10 heteroatoms. The summed E-state index contributed by atoms with van der Waals surface area (Å²) >= 11 is 13.0. The zero-order chi connectivity index (χ0) is 21.3. The van der Waals surface area contributed by atoms with Gasteiger partial charge in [0, 0.05) is 20.4 Å². The first-order valence-electron chi connectivity index (χ1n) is 9.02. The van der Waals surface area contributed by atoms with Gasteiger partial charge < -0.3 is 10.1 Å². The highest BCUT2D eigenvalue weighted by Gasteiger charge is 2.52. The van der Waals surface area contributed by atoms with Gasteiger partial charge >= 0.3 is 5.97 Å². The number of esters is 1. The number of hydrogen-bond donors (Lipinski definition) is 1. The number of aryl methyl sites for hydroxylation is 1. The van der Waals surface area contributed by atoms with E-state index in [1.54, 1.807) is 18.2 Å². The summed E-state index contributed by atoms with van der Waals surface area (Å²) in [6.45, 7) is 0.817. The SMILES string of the molecule is Cc1ccc(NC(=O)COC(=O)CN2C(=O)[C@@H]3C[C@@H](Br)[C@@H](Br)C[C@H]3C2=O)cc1Cl. The third-order valence-electron chi connectivity index (χ3n) is 5.11. The summed E-state index contributed by atoms with van der Waals surface area (Å²) in [4.78, 5) is 50.3. The van der Waals surface area contributed by atoms with Crippen LogP contribution >= 0.6 is 43.5 Å². The number of carbonyl (C=O) groups is 4. The van der Waals surface area contributed by atoms with Gasteiger partial charge in [-0.15, -0.1) is 0 Å². The van der Waals surface area contributed by atoms with Crippen molar-refractivity contribution >= 4 is 72.8 Å². The van der Waals surface area contributed by atoms with Gasteiger partial charge in [-0.25, -0.2) is 0 Å². The van der Waals surface area contributed by atoms with Crippen LogP contribution in [0.5, 0.6) is 0 Å². The molecule has 1 aliphatic carbocycles. The quantitative estimate of drug-likeness (QED) is 0.346. The van der Waals surface area contributed by atoms with Crippen LogP contribution in [-0.2, 0) is 23.9 Å². The molecule has 2 aliphatic rings. The average Bonchev–Trinajstić information content (AvgIpc) is 2.88. The minimum Gasteiger partial charge on any atom is -0.454 e. The number of benzene rings is 1. The van der Waals surface area contributed by atoms with Crippen molar-refractivity contribution in [1.82, 2.24) is 4.90 Å². The molecule has 1 N–H and O–H groups in total. The zero-order valence-corrected chi connectivity index (χ0v) is 19.4. The molecule has 1 aromatic rings. The Bertz CT molecular complexity index is 837. The van der Waals surface area contributed by atoms with Crippen molar-refractivity contribution < 1.29 is 23.9 Å². The van der Waals surface area contributed by atoms with Crippen molar-refractivity contribution in [3.63, 3.8) is 0 Å². The van der Waals surface area contributed by atoms with Crippen molar-refractivity contribution in [3.05, 3.63) is 28.8 Å². The van der Waals surface area contributed by atoms with Crippen LogP contribution in [0.25, 0.3) is 0 Å². The van der Waals surface area contributed by atoms with Crippen molar-refractivity contribution in [3.8, 4) is 0 Å². The van der Waals surface area contributed by atoms with Crippen molar-refractivity contribution in [2.45, 2.75) is 29.4 Å². The van der Waals surface area contributed by atoms with E-state index in [9.17, 15) is 19.2 Å². The van der Waals surface area contributed by atoms with Gasteiger partial charge in [-0.1, -0.05) is 49.5 Å². The number of halogens is 3. The fourth-order valence-corrected chi connectivity index (χ4v) is 4.93. The van der Waals surface area contributed by atoms with Gasteiger partial charge in [-0.05, 0) is 37.5 Å². The summed E-state index contributed by atoms with van der Waals surface area (Å²) < 4.78 is 4.94. The minimum atomic E-state index is -0.812. The lowest BCUT2D eigenvalue weighted by Gasteiger charge is -2.29. The Balaban J connectivity index is 1.51. The van der Waals surface area contributed by atoms with Crippen LogP contribution in [-0.4, -0.2) is 51.4 Å². The molecule has 1 aliphatic heterocycles. The molecule has 3 rings (SSSR count). The summed E-state index contributed by atoms with van der Waals surface area (Å²) in [5.41, 5.74) is 1.35. The summed E-state index contributed by atoms with van der Waals surface area (Å²) in [6, 6.07) is 5.02. The van der Waals surface area contributed by atoms with Crippen LogP contribution in [0, 0.1) is 18.8 Å². The number of nitrogens with zero attached hydrogens (tertiary/aromatic N) is 1. The standard InChI is InChI=1S/C19H19Br2ClN2O5/c1-9-2-3-10(4-15(9)22)23-16(25)8-29-17(26)7-24-18(27)11-5-13(20)14(21)6-12(11)19(24)28/h2-4,11-14H,5-8H2,1H3,(H,23,25)/t11-,12-,13-,14+/m1/s1. The number of fused-ring (bicyclic) bond motifs is 1. The Kier molecular flexibility index (Phi) is 7.01. The Labute approximate surface area is 189 Å². The smallest absolute Gasteiger partial charge is 0.326 e. The molecule has 0 spiro atoms. The molecular weight excluding hydrogens is 531 g/mol. The Morgan fingerprint density at radius 3 is 2.31 bits per heavy atom. The summed E-state index contributed by atoms with van der Waals surface area (Å²) in [6.07, 6.45) is 1.05. The van der Waals surface area contributed by atoms with E-state index in [0.29, 0.717) is 23.6 Å². The number of nitrogens with one attached hydrogen (secondary N) is 1. The second-order valence-corrected chi connectivity index (χ2v) is 9.91. The van der Waals surface area contributed by atoms with Gasteiger partial charge in [-0.2, -0.15) is 0 Å². The highest BCUT2D eigenvalue weighted by atomic mass is 79.9. The number of ether oxygens (including phenoxy) is 1. The number of rotatable bonds is 5. The maximum absolute atomic E-state index is 12.5. The first-order valence-corrected chi connectivity index (χ1v) is 11.2. The molecule has 2 fully saturated rings. The number of carbonyl (C=O) groups excluding carboxylic acids is 4. The third kappa shape index (κ3) is 5.00. The van der Waals surface area contributed by atoms with Crippen molar-refractivity contribution in [2.24, 2.45) is 11.8 Å². The minimum absolute atomic E-state index is 0.0892. The van der Waals surface area contributed by atoms with Crippen molar-refractivity contribution in [2.75, 3.05) is 18.5 Å². The van der Waals surface area contributed by atoms with E-state index in [1.165, 1.54) is 0 Å². The number of imide groups is 1. The van der Waals surface area contributed by atoms with Crippen LogP contribution < -0.4 is 5.32 Å². The average molecular weight is 551 g/mol. The Hall–Kier alpha value is -1.45. The predicted molar refractivity (Wildman–Crippen MR) is 114 cm³/mol. The number of anilines is 1. The number of amides is 3. The van der Waals surface area contributed by atoms with E-state index in [2.05, 4.69) is 37.2 Å². The Morgan fingerprint density at radius 1 is 1.17 bits per heavy atom. The van der Waals surface area contributed by atoms with Crippen LogP contribution in [0.2, 0.25) is 5.02 Å². The van der Waals surface area contributed by atoms with Gasteiger partial charge in [0.15, 0.2) is 6.61 Å². The molecule has 3 amide bonds. The highest BCUT2D eigenvalue weighted by Crippen LogP contribution is 2.43. The second kappa shape index (κ2) is 9.14. The van der Waals surface area contributed by atoms with E-state index in [-0.39, 0.29) is 21.5 Å². The van der Waals surface area contributed by atoms with Gasteiger partial charge in [-0.3, -0.25) is 24.1 Å². The molecule has 0 aromatic heterocycles. The summed E-state index contributed by atoms with van der Waals surface area (Å²) in [7, 11) is 0. The molecule has 0 unspecified atom stereocenters. The Morgan fingerprint density at radius 2 is 1.76 bits per heavy atom. The fraction of sp³-hybridized carbons (Fsp3) is 0.474. The monoisotopic (exact) mass is 548 g/mol. The molecule has 1 saturated carbocycles. The second-order valence-electron chi connectivity index (χ2n) is 7.15. The normalized spacial score (nSPS) is 26.3. The summed E-state index contributed by atoms with van der Waals surface area (Å²) in [5.74, 6) is -2.94. The van der Waals surface area contributed by atoms with Gasteiger partial charge in [0.25, 0.3) is 5.91 Å². The molecule has 29 heavy (non-hydrogen) atoms. The van der Waals surface area contributed by atoms with Crippen molar-refractivity contribution in [1.29, 1.82) is 0 Å². The van der Waals surface area contributed by atoms with Crippen LogP contribution in [0.1, 0.15) is 18.4 Å².